The van der Waals surface area contributed by atoms with Gasteiger partial charge in [0.1, 0.15) is 6.54 Å². The van der Waals surface area contributed by atoms with Crippen LogP contribution in [0.2, 0.25) is 10.0 Å². The number of hydrogen-bond acceptors (Lipinski definition) is 3. The van der Waals surface area contributed by atoms with E-state index in [0.29, 0.717) is 23.1 Å². The van der Waals surface area contributed by atoms with E-state index in [1.807, 2.05) is 6.92 Å². The molecule has 0 aliphatic heterocycles. The molecule has 0 atom stereocenters. The van der Waals surface area contributed by atoms with E-state index in [9.17, 15) is 4.79 Å². The number of aryl methyl sites for hydroxylation is 3. The maximum absolute atomic E-state index is 11.7. The van der Waals surface area contributed by atoms with E-state index in [1.165, 1.54) is 4.68 Å². The highest BCUT2D eigenvalue weighted by atomic mass is 35.5. The molecule has 1 amide bonds. The van der Waals surface area contributed by atoms with Crippen LogP contribution in [0.5, 0.6) is 0 Å². The predicted molar refractivity (Wildman–Crippen MR) is 81.6 cm³/mol. The lowest BCUT2D eigenvalue weighted by Crippen LogP contribution is -2.29. The molecule has 114 valence electrons. The molecular weight excluding hydrogens is 313 g/mol. The van der Waals surface area contributed by atoms with Crippen LogP contribution in [0.3, 0.4) is 0 Å². The molecule has 0 saturated heterocycles. The van der Waals surface area contributed by atoms with E-state index >= 15 is 0 Å². The first kappa shape index (κ1) is 15.9. The summed E-state index contributed by atoms with van der Waals surface area (Å²) in [7, 11) is 0. The van der Waals surface area contributed by atoms with Gasteiger partial charge in [-0.3, -0.25) is 14.2 Å². The van der Waals surface area contributed by atoms with Crippen molar-refractivity contribution < 1.29 is 4.79 Å². The van der Waals surface area contributed by atoms with Gasteiger partial charge in [-0.2, -0.15) is 10.2 Å². The van der Waals surface area contributed by atoms with Gasteiger partial charge >= 0.3 is 0 Å². The minimum atomic E-state index is -0.0937. The molecule has 2 aromatic rings. The number of carbonyl (C=O) groups excluding carboxylic acids is 1. The highest BCUT2D eigenvalue weighted by Gasteiger charge is 2.07. The Kier molecular flexibility index (Phi) is 5.25. The summed E-state index contributed by atoms with van der Waals surface area (Å²) in [5, 5.41) is 12.4. The molecular formula is C13H17Cl2N5O. The minimum Gasteiger partial charge on any atom is -0.354 e. The normalized spacial score (nSPS) is 10.9. The highest BCUT2D eigenvalue weighted by Crippen LogP contribution is 2.12. The summed E-state index contributed by atoms with van der Waals surface area (Å²) in [5.74, 6) is -0.0937. The summed E-state index contributed by atoms with van der Waals surface area (Å²) < 4.78 is 3.31. The van der Waals surface area contributed by atoms with Crippen LogP contribution in [0, 0.1) is 13.8 Å². The molecule has 2 rings (SSSR count). The molecule has 6 nitrogen and oxygen atoms in total. The molecule has 0 radical (unpaired) electrons. The summed E-state index contributed by atoms with van der Waals surface area (Å²) in [5.41, 5.74) is 1.53. The monoisotopic (exact) mass is 329 g/mol. The highest BCUT2D eigenvalue weighted by molar-refractivity contribution is 6.31. The van der Waals surface area contributed by atoms with Crippen LogP contribution in [0.25, 0.3) is 0 Å². The van der Waals surface area contributed by atoms with Crippen LogP contribution in [-0.4, -0.2) is 32.0 Å². The zero-order valence-electron chi connectivity index (χ0n) is 11.9. The molecule has 0 fully saturated rings. The molecule has 0 aliphatic carbocycles. The number of aromatic nitrogens is 4. The molecule has 0 unspecified atom stereocenters. The molecule has 2 heterocycles. The summed E-state index contributed by atoms with van der Waals surface area (Å²) in [4.78, 5) is 11.7. The smallest absolute Gasteiger partial charge is 0.241 e. The second-order valence-corrected chi connectivity index (χ2v) is 5.60. The van der Waals surface area contributed by atoms with Crippen LogP contribution in [0.15, 0.2) is 12.4 Å². The van der Waals surface area contributed by atoms with E-state index in [-0.39, 0.29) is 12.5 Å². The fraction of sp³-hybridized carbons (Fsp3) is 0.462. The van der Waals surface area contributed by atoms with Gasteiger partial charge in [0.15, 0.2) is 0 Å². The van der Waals surface area contributed by atoms with Crippen LogP contribution in [0.4, 0.5) is 0 Å². The number of halogens is 2. The van der Waals surface area contributed by atoms with Crippen LogP contribution >= 0.6 is 23.2 Å². The third kappa shape index (κ3) is 4.47. The zero-order valence-corrected chi connectivity index (χ0v) is 13.4. The van der Waals surface area contributed by atoms with Crippen LogP contribution < -0.4 is 5.32 Å². The minimum absolute atomic E-state index is 0.0937. The average molecular weight is 330 g/mol. The third-order valence-corrected chi connectivity index (χ3v) is 3.71. The van der Waals surface area contributed by atoms with Crippen molar-refractivity contribution in [2.45, 2.75) is 33.4 Å². The van der Waals surface area contributed by atoms with Gasteiger partial charge in [0.25, 0.3) is 0 Å². The number of carbonyl (C=O) groups is 1. The van der Waals surface area contributed by atoms with Crippen molar-refractivity contribution in [2.24, 2.45) is 0 Å². The van der Waals surface area contributed by atoms with Gasteiger partial charge in [-0.05, 0) is 20.3 Å². The maximum atomic E-state index is 11.7. The quantitative estimate of drug-likeness (QED) is 0.826. The molecule has 8 heteroatoms. The van der Waals surface area contributed by atoms with Crippen molar-refractivity contribution in [1.29, 1.82) is 0 Å². The lowest BCUT2D eigenvalue weighted by molar-refractivity contribution is -0.121. The fourth-order valence-corrected chi connectivity index (χ4v) is 2.16. The van der Waals surface area contributed by atoms with Gasteiger partial charge < -0.3 is 5.32 Å². The van der Waals surface area contributed by atoms with Crippen molar-refractivity contribution in [3.63, 3.8) is 0 Å². The molecule has 0 saturated carbocycles. The first-order chi connectivity index (χ1) is 9.95. The maximum Gasteiger partial charge on any atom is 0.241 e. The van der Waals surface area contributed by atoms with Crippen molar-refractivity contribution in [3.05, 3.63) is 33.8 Å². The van der Waals surface area contributed by atoms with Gasteiger partial charge in [0, 0.05) is 25.5 Å². The van der Waals surface area contributed by atoms with Crippen molar-refractivity contribution >= 4 is 29.1 Å². The molecule has 2 aromatic heterocycles. The van der Waals surface area contributed by atoms with E-state index in [4.69, 9.17) is 23.2 Å². The van der Waals surface area contributed by atoms with Gasteiger partial charge in [-0.15, -0.1) is 0 Å². The lowest BCUT2D eigenvalue weighted by atomic mass is 10.4. The molecule has 0 aromatic carbocycles. The summed E-state index contributed by atoms with van der Waals surface area (Å²) in [6.07, 6.45) is 4.21. The molecule has 0 bridgehead atoms. The Hall–Kier alpha value is -1.53. The number of nitrogens with one attached hydrogen (secondary N) is 1. The lowest BCUT2D eigenvalue weighted by Gasteiger charge is -2.05. The van der Waals surface area contributed by atoms with Gasteiger partial charge in [0.2, 0.25) is 5.91 Å². The van der Waals surface area contributed by atoms with Crippen LogP contribution in [0.1, 0.15) is 17.8 Å². The standard InChI is InChI=1S/C13H17Cl2N5O/c1-9-11(14)6-19(17-9)5-3-4-16-13(21)8-20-7-12(15)10(2)18-20/h6-7H,3-5,8H2,1-2H3,(H,16,21). The Bertz CT molecular complexity index is 596. The van der Waals surface area contributed by atoms with Crippen molar-refractivity contribution in [2.75, 3.05) is 6.54 Å². The Morgan fingerprint density at radius 3 is 2.24 bits per heavy atom. The number of amides is 1. The summed E-state index contributed by atoms with van der Waals surface area (Å²) >= 11 is 11.8. The second kappa shape index (κ2) is 6.95. The molecule has 1 N–H and O–H groups in total. The zero-order chi connectivity index (χ0) is 15.4. The second-order valence-electron chi connectivity index (χ2n) is 4.79. The summed E-state index contributed by atoms with van der Waals surface area (Å²) in [6.45, 7) is 5.11. The fourth-order valence-electron chi connectivity index (χ4n) is 1.85. The third-order valence-electron chi connectivity index (χ3n) is 2.96. The average Bonchev–Trinajstić information content (AvgIpc) is 2.89. The summed E-state index contributed by atoms with van der Waals surface area (Å²) in [6, 6.07) is 0. The first-order valence-corrected chi connectivity index (χ1v) is 7.37. The van der Waals surface area contributed by atoms with Gasteiger partial charge in [-0.1, -0.05) is 23.2 Å². The topological polar surface area (TPSA) is 64.7 Å². The Balaban J connectivity index is 1.69. The number of nitrogens with zero attached hydrogens (tertiary/aromatic N) is 4. The Labute approximate surface area is 133 Å². The SMILES string of the molecule is Cc1nn(CCCNC(=O)Cn2cc(Cl)c(C)n2)cc1Cl. The molecule has 21 heavy (non-hydrogen) atoms. The molecule has 0 spiro atoms. The van der Waals surface area contributed by atoms with Crippen molar-refractivity contribution in [3.8, 4) is 0 Å². The van der Waals surface area contributed by atoms with Gasteiger partial charge in [-0.25, -0.2) is 0 Å². The van der Waals surface area contributed by atoms with E-state index < -0.39 is 0 Å². The van der Waals surface area contributed by atoms with E-state index in [0.717, 1.165) is 17.8 Å². The van der Waals surface area contributed by atoms with E-state index in [2.05, 4.69) is 15.5 Å². The predicted octanol–water partition coefficient (Wildman–Crippen LogP) is 2.21. The molecule has 0 aliphatic rings. The Morgan fingerprint density at radius 2 is 1.71 bits per heavy atom. The van der Waals surface area contributed by atoms with E-state index in [1.54, 1.807) is 24.0 Å². The largest absolute Gasteiger partial charge is 0.354 e. The van der Waals surface area contributed by atoms with Gasteiger partial charge in [0.05, 0.1) is 21.4 Å². The Morgan fingerprint density at radius 1 is 1.14 bits per heavy atom. The first-order valence-electron chi connectivity index (χ1n) is 6.61. The van der Waals surface area contributed by atoms with Crippen LogP contribution in [-0.2, 0) is 17.9 Å². The number of hydrogen-bond donors (Lipinski definition) is 1. The number of rotatable bonds is 6. The van der Waals surface area contributed by atoms with Crippen molar-refractivity contribution in [1.82, 2.24) is 24.9 Å².